The van der Waals surface area contributed by atoms with E-state index in [1.165, 1.54) is 6.08 Å². The van der Waals surface area contributed by atoms with Gasteiger partial charge in [0.05, 0.1) is 26.4 Å². The van der Waals surface area contributed by atoms with E-state index in [4.69, 9.17) is 18.9 Å². The van der Waals surface area contributed by atoms with Crippen LogP contribution < -0.4 is 24.3 Å². The molecule has 3 aromatic rings. The molecule has 1 heterocycles. The molecule has 236 valence electrons. The molecule has 0 saturated carbocycles. The second-order valence-corrected chi connectivity index (χ2v) is 11.0. The molecule has 0 unspecified atom stereocenters. The molecule has 1 fully saturated rings. The van der Waals surface area contributed by atoms with Gasteiger partial charge >= 0.3 is 6.03 Å². The number of rotatable bonds is 15. The van der Waals surface area contributed by atoms with Crippen LogP contribution in [0, 0.1) is 0 Å². The molecule has 0 spiro atoms. The summed E-state index contributed by atoms with van der Waals surface area (Å²) in [5.41, 5.74) is 2.74. The van der Waals surface area contributed by atoms with Gasteiger partial charge in [0.2, 0.25) is 0 Å². The number of imide groups is 2. The number of ether oxygens (including phenoxy) is 4. The maximum atomic E-state index is 13.6. The molecule has 9 nitrogen and oxygen atoms in total. The molecular formula is C35H37BrN2O7. The van der Waals surface area contributed by atoms with E-state index < -0.39 is 17.8 Å². The van der Waals surface area contributed by atoms with Crippen LogP contribution in [0.15, 0.2) is 77.3 Å². The van der Waals surface area contributed by atoms with Gasteiger partial charge in [0, 0.05) is 10.0 Å². The smallest absolute Gasteiger partial charge is 0.331 e. The van der Waals surface area contributed by atoms with Crippen LogP contribution in [0.5, 0.6) is 23.0 Å². The predicted molar refractivity (Wildman–Crippen MR) is 175 cm³/mol. The van der Waals surface area contributed by atoms with Gasteiger partial charge < -0.3 is 18.9 Å². The van der Waals surface area contributed by atoms with E-state index in [1.807, 2.05) is 51.1 Å². The average Bonchev–Trinajstić information content (AvgIpc) is 3.02. The number of halogens is 1. The third-order valence-corrected chi connectivity index (χ3v) is 7.25. The van der Waals surface area contributed by atoms with E-state index >= 15 is 0 Å². The number of hydrogen-bond donors (Lipinski definition) is 1. The summed E-state index contributed by atoms with van der Waals surface area (Å²) in [6.07, 6.45) is 4.49. The van der Waals surface area contributed by atoms with Gasteiger partial charge in [0.15, 0.2) is 23.0 Å². The van der Waals surface area contributed by atoms with Crippen molar-refractivity contribution in [2.24, 2.45) is 0 Å². The Morgan fingerprint density at radius 2 is 1.56 bits per heavy atom. The van der Waals surface area contributed by atoms with Gasteiger partial charge in [-0.05, 0) is 85.9 Å². The number of urea groups is 1. The SMILES string of the molecule is C=CCc1cc(/C=C2\C(=O)NC(=O)N(Cc3ccc(OCCC)c(OCC)c3)C2=O)cc(OCC)c1OCc1ccc(Br)cc1. The van der Waals surface area contributed by atoms with Crippen molar-refractivity contribution in [2.75, 3.05) is 19.8 Å². The van der Waals surface area contributed by atoms with Gasteiger partial charge in [-0.2, -0.15) is 0 Å². The number of nitrogens with one attached hydrogen (secondary N) is 1. The van der Waals surface area contributed by atoms with Crippen LogP contribution in [0.25, 0.3) is 6.08 Å². The summed E-state index contributed by atoms with van der Waals surface area (Å²) in [5, 5.41) is 2.29. The Kier molecular flexibility index (Phi) is 11.8. The van der Waals surface area contributed by atoms with Gasteiger partial charge in [-0.15, -0.1) is 6.58 Å². The highest BCUT2D eigenvalue weighted by Gasteiger charge is 2.36. The van der Waals surface area contributed by atoms with Crippen LogP contribution in [0.2, 0.25) is 0 Å². The molecular weight excluding hydrogens is 640 g/mol. The van der Waals surface area contributed by atoms with Crippen LogP contribution in [-0.2, 0) is 29.2 Å². The monoisotopic (exact) mass is 676 g/mol. The lowest BCUT2D eigenvalue weighted by molar-refractivity contribution is -0.130. The Morgan fingerprint density at radius 1 is 0.844 bits per heavy atom. The lowest BCUT2D eigenvalue weighted by Crippen LogP contribution is -2.53. The third-order valence-electron chi connectivity index (χ3n) is 6.72. The molecule has 4 amide bonds. The predicted octanol–water partition coefficient (Wildman–Crippen LogP) is 7.00. The molecule has 45 heavy (non-hydrogen) atoms. The van der Waals surface area contributed by atoms with Gasteiger partial charge in [0.25, 0.3) is 11.8 Å². The van der Waals surface area contributed by atoms with Crippen molar-refractivity contribution in [1.29, 1.82) is 0 Å². The zero-order chi connectivity index (χ0) is 32.3. The maximum Gasteiger partial charge on any atom is 0.331 e. The van der Waals surface area contributed by atoms with Crippen molar-refractivity contribution in [3.05, 3.63) is 99.6 Å². The Balaban J connectivity index is 1.64. The molecule has 1 aliphatic rings. The molecule has 3 aromatic carbocycles. The number of nitrogens with zero attached hydrogens (tertiary/aromatic N) is 1. The number of amides is 4. The summed E-state index contributed by atoms with van der Waals surface area (Å²) in [4.78, 5) is 40.3. The number of hydrogen-bond acceptors (Lipinski definition) is 7. The third kappa shape index (κ3) is 8.54. The van der Waals surface area contributed by atoms with E-state index in [1.54, 1.807) is 30.3 Å². The summed E-state index contributed by atoms with van der Waals surface area (Å²) in [5.74, 6) is 0.615. The summed E-state index contributed by atoms with van der Waals surface area (Å²) in [7, 11) is 0. The van der Waals surface area contributed by atoms with Gasteiger partial charge in [0.1, 0.15) is 12.2 Å². The highest BCUT2D eigenvalue weighted by Crippen LogP contribution is 2.36. The lowest BCUT2D eigenvalue weighted by Gasteiger charge is -2.27. The Labute approximate surface area is 271 Å². The lowest BCUT2D eigenvalue weighted by atomic mass is 10.0. The summed E-state index contributed by atoms with van der Waals surface area (Å²) in [6, 6.07) is 15.8. The molecule has 0 atom stereocenters. The summed E-state index contributed by atoms with van der Waals surface area (Å²) < 4.78 is 24.6. The first-order valence-corrected chi connectivity index (χ1v) is 15.6. The first kappa shape index (κ1) is 33.3. The molecule has 0 aliphatic carbocycles. The highest BCUT2D eigenvalue weighted by molar-refractivity contribution is 9.10. The Bertz CT molecular complexity index is 1580. The number of carbonyl (C=O) groups excluding carboxylic acids is 3. The summed E-state index contributed by atoms with van der Waals surface area (Å²) in [6.45, 7) is 11.2. The zero-order valence-electron chi connectivity index (χ0n) is 25.7. The van der Waals surface area contributed by atoms with E-state index in [9.17, 15) is 14.4 Å². The standard InChI is InChI=1S/C35H37BrN2O7/c1-5-9-26-17-25(20-31(43-8-4)32(26)45-22-23-10-13-27(36)14-11-23)18-28-33(39)37-35(41)38(34(28)40)21-24-12-15-29(44-16-6-2)30(19-24)42-7-3/h5,10-15,17-20H,1,6-9,16,21-22H2,2-4H3,(H,37,39,41)/b28-18+. The Morgan fingerprint density at radius 3 is 2.24 bits per heavy atom. The van der Waals surface area contributed by atoms with E-state index in [0.29, 0.717) is 67.0 Å². The zero-order valence-corrected chi connectivity index (χ0v) is 27.3. The van der Waals surface area contributed by atoms with Crippen molar-refractivity contribution in [2.45, 2.75) is 46.8 Å². The van der Waals surface area contributed by atoms with Crippen LogP contribution >= 0.6 is 15.9 Å². The Hall–Kier alpha value is -4.57. The normalized spacial score (nSPS) is 13.9. The van der Waals surface area contributed by atoms with Crippen LogP contribution in [0.3, 0.4) is 0 Å². The minimum absolute atomic E-state index is 0.0713. The first-order chi connectivity index (χ1) is 21.8. The van der Waals surface area contributed by atoms with E-state index in [-0.39, 0.29) is 12.1 Å². The fourth-order valence-electron chi connectivity index (χ4n) is 4.67. The van der Waals surface area contributed by atoms with Crippen molar-refractivity contribution >= 4 is 39.9 Å². The number of allylic oxidation sites excluding steroid dienone is 1. The molecule has 0 radical (unpaired) electrons. The van der Waals surface area contributed by atoms with Gasteiger partial charge in [-0.1, -0.05) is 47.1 Å². The second kappa shape index (κ2) is 15.9. The maximum absolute atomic E-state index is 13.6. The number of carbonyl (C=O) groups is 3. The molecule has 1 aliphatic heterocycles. The van der Waals surface area contributed by atoms with Gasteiger partial charge in [-0.3, -0.25) is 19.8 Å². The number of benzene rings is 3. The minimum atomic E-state index is -0.800. The van der Waals surface area contributed by atoms with Crippen molar-refractivity contribution in [1.82, 2.24) is 10.2 Å². The summed E-state index contributed by atoms with van der Waals surface area (Å²) >= 11 is 3.44. The average molecular weight is 678 g/mol. The number of barbiturate groups is 1. The molecule has 1 saturated heterocycles. The minimum Gasteiger partial charge on any atom is -0.490 e. The first-order valence-electron chi connectivity index (χ1n) is 14.8. The quantitative estimate of drug-likeness (QED) is 0.105. The molecule has 0 aromatic heterocycles. The molecule has 10 heteroatoms. The fourth-order valence-corrected chi connectivity index (χ4v) is 4.94. The fraction of sp³-hybridized carbons (Fsp3) is 0.286. The largest absolute Gasteiger partial charge is 0.490 e. The highest BCUT2D eigenvalue weighted by atomic mass is 79.9. The van der Waals surface area contributed by atoms with Crippen LogP contribution in [0.4, 0.5) is 4.79 Å². The molecule has 4 rings (SSSR count). The van der Waals surface area contributed by atoms with Crippen LogP contribution in [0.1, 0.15) is 49.4 Å². The van der Waals surface area contributed by atoms with Gasteiger partial charge in [-0.25, -0.2) is 4.79 Å². The molecule has 1 N–H and O–H groups in total. The second-order valence-electron chi connectivity index (χ2n) is 10.1. The van der Waals surface area contributed by atoms with E-state index in [2.05, 4.69) is 27.8 Å². The van der Waals surface area contributed by atoms with E-state index in [0.717, 1.165) is 26.9 Å². The van der Waals surface area contributed by atoms with Crippen molar-refractivity contribution < 1.29 is 33.3 Å². The van der Waals surface area contributed by atoms with Crippen LogP contribution in [-0.4, -0.2) is 42.6 Å². The molecule has 0 bridgehead atoms. The van der Waals surface area contributed by atoms with Crippen molar-refractivity contribution in [3.63, 3.8) is 0 Å². The topological polar surface area (TPSA) is 103 Å². The van der Waals surface area contributed by atoms with Crippen molar-refractivity contribution in [3.8, 4) is 23.0 Å².